The first-order chi connectivity index (χ1) is 12.8. The minimum atomic E-state index is -0.173. The molecule has 3 rings (SSSR count). The van der Waals surface area contributed by atoms with Crippen molar-refractivity contribution in [3.63, 3.8) is 0 Å². The standard InChI is InChI=1S/C20H21FN4S/c1-22-20(23-12-11-15-7-5-6-10-18(15)21)24-13-17-14-26-19(25-17)16-8-3-2-4-9-16/h2-10,14H,11-13H2,1H3,(H2,22,23,24). The highest BCUT2D eigenvalue weighted by molar-refractivity contribution is 7.13. The summed E-state index contributed by atoms with van der Waals surface area (Å²) in [5.41, 5.74) is 2.78. The SMILES string of the molecule is CN=C(NCCc1ccccc1F)NCc1csc(-c2ccccc2)n1. The number of benzene rings is 2. The summed E-state index contributed by atoms with van der Waals surface area (Å²) < 4.78 is 13.6. The van der Waals surface area contributed by atoms with E-state index in [1.54, 1.807) is 30.5 Å². The maximum absolute atomic E-state index is 13.6. The smallest absolute Gasteiger partial charge is 0.191 e. The number of rotatable bonds is 6. The van der Waals surface area contributed by atoms with Gasteiger partial charge in [0, 0.05) is 24.5 Å². The van der Waals surface area contributed by atoms with Gasteiger partial charge in [-0.05, 0) is 18.1 Å². The average Bonchev–Trinajstić information content (AvgIpc) is 3.16. The first-order valence-corrected chi connectivity index (χ1v) is 9.32. The van der Waals surface area contributed by atoms with Gasteiger partial charge in [-0.15, -0.1) is 11.3 Å². The van der Waals surface area contributed by atoms with Crippen LogP contribution >= 0.6 is 11.3 Å². The summed E-state index contributed by atoms with van der Waals surface area (Å²) in [5.74, 6) is 0.503. The predicted molar refractivity (Wildman–Crippen MR) is 106 cm³/mol. The molecule has 0 aliphatic rings. The van der Waals surface area contributed by atoms with Crippen molar-refractivity contribution in [1.29, 1.82) is 0 Å². The molecule has 0 fully saturated rings. The van der Waals surface area contributed by atoms with Crippen molar-refractivity contribution >= 4 is 17.3 Å². The van der Waals surface area contributed by atoms with E-state index < -0.39 is 0 Å². The molecular formula is C20H21FN4S. The van der Waals surface area contributed by atoms with Gasteiger partial charge in [0.1, 0.15) is 10.8 Å². The number of aromatic nitrogens is 1. The van der Waals surface area contributed by atoms with Crippen LogP contribution in [-0.4, -0.2) is 24.5 Å². The highest BCUT2D eigenvalue weighted by atomic mass is 32.1. The Morgan fingerprint density at radius 1 is 1.08 bits per heavy atom. The van der Waals surface area contributed by atoms with Crippen LogP contribution < -0.4 is 10.6 Å². The van der Waals surface area contributed by atoms with Gasteiger partial charge in [-0.1, -0.05) is 48.5 Å². The van der Waals surface area contributed by atoms with Crippen LogP contribution in [0.3, 0.4) is 0 Å². The average molecular weight is 368 g/mol. The van der Waals surface area contributed by atoms with Gasteiger partial charge in [0.25, 0.3) is 0 Å². The number of hydrogen-bond acceptors (Lipinski definition) is 3. The molecule has 2 aromatic carbocycles. The van der Waals surface area contributed by atoms with E-state index in [1.165, 1.54) is 6.07 Å². The van der Waals surface area contributed by atoms with Gasteiger partial charge in [-0.2, -0.15) is 0 Å². The van der Waals surface area contributed by atoms with Gasteiger partial charge in [-0.3, -0.25) is 4.99 Å². The lowest BCUT2D eigenvalue weighted by atomic mass is 10.1. The molecule has 0 unspecified atom stereocenters. The van der Waals surface area contributed by atoms with E-state index in [0.717, 1.165) is 16.3 Å². The maximum atomic E-state index is 13.6. The Labute approximate surface area is 156 Å². The molecule has 0 amide bonds. The van der Waals surface area contributed by atoms with E-state index in [0.29, 0.717) is 31.0 Å². The molecule has 1 aromatic heterocycles. The number of hydrogen-bond donors (Lipinski definition) is 2. The van der Waals surface area contributed by atoms with Crippen molar-refractivity contribution in [3.8, 4) is 10.6 Å². The first-order valence-electron chi connectivity index (χ1n) is 8.44. The summed E-state index contributed by atoms with van der Waals surface area (Å²) in [5, 5.41) is 9.49. The molecule has 0 aliphatic heterocycles. The topological polar surface area (TPSA) is 49.3 Å². The molecule has 0 radical (unpaired) electrons. The molecule has 3 aromatic rings. The van der Waals surface area contributed by atoms with E-state index >= 15 is 0 Å². The van der Waals surface area contributed by atoms with Crippen molar-refractivity contribution < 1.29 is 4.39 Å². The Morgan fingerprint density at radius 2 is 1.85 bits per heavy atom. The largest absolute Gasteiger partial charge is 0.356 e. The molecule has 0 saturated heterocycles. The van der Waals surface area contributed by atoms with Gasteiger partial charge < -0.3 is 10.6 Å². The van der Waals surface area contributed by atoms with Crippen LogP contribution in [0.4, 0.5) is 4.39 Å². The molecule has 26 heavy (non-hydrogen) atoms. The highest BCUT2D eigenvalue weighted by Gasteiger charge is 2.06. The molecule has 0 spiro atoms. The van der Waals surface area contributed by atoms with Crippen molar-refractivity contribution in [2.45, 2.75) is 13.0 Å². The Balaban J connectivity index is 1.49. The zero-order chi connectivity index (χ0) is 18.2. The van der Waals surface area contributed by atoms with Crippen LogP contribution in [-0.2, 0) is 13.0 Å². The summed E-state index contributed by atoms with van der Waals surface area (Å²) in [6.45, 7) is 1.19. The lowest BCUT2D eigenvalue weighted by molar-refractivity contribution is 0.606. The van der Waals surface area contributed by atoms with Gasteiger partial charge in [0.15, 0.2) is 5.96 Å². The fourth-order valence-corrected chi connectivity index (χ4v) is 3.34. The first kappa shape index (κ1) is 18.1. The predicted octanol–water partition coefficient (Wildman–Crippen LogP) is 3.86. The molecule has 134 valence electrons. The van der Waals surface area contributed by atoms with Crippen LogP contribution in [0.1, 0.15) is 11.3 Å². The van der Waals surface area contributed by atoms with Crippen LogP contribution in [0.25, 0.3) is 10.6 Å². The molecule has 0 bridgehead atoms. The summed E-state index contributed by atoms with van der Waals surface area (Å²) in [7, 11) is 1.72. The number of aliphatic imine (C=N–C) groups is 1. The minimum absolute atomic E-state index is 0.173. The zero-order valence-electron chi connectivity index (χ0n) is 14.6. The fourth-order valence-electron chi connectivity index (χ4n) is 2.51. The van der Waals surface area contributed by atoms with Crippen molar-refractivity contribution in [2.75, 3.05) is 13.6 Å². The van der Waals surface area contributed by atoms with Crippen LogP contribution in [0.5, 0.6) is 0 Å². The Kier molecular flexibility index (Phi) is 6.33. The molecule has 0 aliphatic carbocycles. The van der Waals surface area contributed by atoms with Gasteiger partial charge in [0.2, 0.25) is 0 Å². The van der Waals surface area contributed by atoms with Crippen LogP contribution in [0.2, 0.25) is 0 Å². The maximum Gasteiger partial charge on any atom is 0.191 e. The number of halogens is 1. The number of guanidine groups is 1. The Bertz CT molecular complexity index is 861. The van der Waals surface area contributed by atoms with Gasteiger partial charge in [-0.25, -0.2) is 9.37 Å². The number of nitrogens with zero attached hydrogens (tertiary/aromatic N) is 2. The van der Waals surface area contributed by atoms with E-state index in [1.807, 2.05) is 29.6 Å². The number of nitrogens with one attached hydrogen (secondary N) is 2. The van der Waals surface area contributed by atoms with Gasteiger partial charge in [0.05, 0.1) is 12.2 Å². The molecule has 1 heterocycles. The second-order valence-corrected chi connectivity index (χ2v) is 6.56. The molecule has 0 saturated carbocycles. The van der Waals surface area contributed by atoms with E-state index in [-0.39, 0.29) is 5.82 Å². The van der Waals surface area contributed by atoms with Crippen molar-refractivity contribution in [3.05, 3.63) is 77.1 Å². The zero-order valence-corrected chi connectivity index (χ0v) is 15.4. The molecular weight excluding hydrogens is 347 g/mol. The summed E-state index contributed by atoms with van der Waals surface area (Å²) in [6.07, 6.45) is 0.599. The summed E-state index contributed by atoms with van der Waals surface area (Å²) in [6, 6.07) is 17.0. The third kappa shape index (κ3) is 4.89. The Morgan fingerprint density at radius 3 is 2.62 bits per heavy atom. The second kappa shape index (κ2) is 9.10. The monoisotopic (exact) mass is 368 g/mol. The quantitative estimate of drug-likeness (QED) is 0.513. The summed E-state index contributed by atoms with van der Waals surface area (Å²) in [4.78, 5) is 8.85. The van der Waals surface area contributed by atoms with Crippen LogP contribution in [0.15, 0.2) is 65.0 Å². The molecule has 0 atom stereocenters. The molecule has 2 N–H and O–H groups in total. The van der Waals surface area contributed by atoms with E-state index in [9.17, 15) is 4.39 Å². The number of thiazole rings is 1. The minimum Gasteiger partial charge on any atom is -0.356 e. The second-order valence-electron chi connectivity index (χ2n) is 5.70. The normalized spacial score (nSPS) is 11.4. The molecule has 6 heteroatoms. The van der Waals surface area contributed by atoms with Gasteiger partial charge >= 0.3 is 0 Å². The van der Waals surface area contributed by atoms with Crippen molar-refractivity contribution in [2.24, 2.45) is 4.99 Å². The fraction of sp³-hybridized carbons (Fsp3) is 0.200. The molecule has 4 nitrogen and oxygen atoms in total. The summed E-state index contributed by atoms with van der Waals surface area (Å²) >= 11 is 1.63. The lowest BCUT2D eigenvalue weighted by Gasteiger charge is -2.11. The third-order valence-corrected chi connectivity index (χ3v) is 4.82. The van der Waals surface area contributed by atoms with Crippen molar-refractivity contribution in [1.82, 2.24) is 15.6 Å². The lowest BCUT2D eigenvalue weighted by Crippen LogP contribution is -2.38. The van der Waals surface area contributed by atoms with E-state index in [4.69, 9.17) is 0 Å². The van der Waals surface area contributed by atoms with Crippen LogP contribution in [0, 0.1) is 5.82 Å². The highest BCUT2D eigenvalue weighted by Crippen LogP contribution is 2.23. The third-order valence-electron chi connectivity index (χ3n) is 3.88. The van der Waals surface area contributed by atoms with E-state index in [2.05, 4.69) is 32.7 Å². The Hall–Kier alpha value is -2.73.